The van der Waals surface area contributed by atoms with E-state index >= 15 is 0 Å². The van der Waals surface area contributed by atoms with Gasteiger partial charge in [-0.15, -0.1) is 0 Å². The molecule has 0 aromatic heterocycles. The first-order valence-corrected chi connectivity index (χ1v) is 12.4. The zero-order chi connectivity index (χ0) is 24.7. The number of primary amides is 1. The molecule has 0 saturated carbocycles. The molecule has 34 heavy (non-hydrogen) atoms. The van der Waals surface area contributed by atoms with Crippen LogP contribution in [0.5, 0.6) is 0 Å². The Morgan fingerprint density at radius 1 is 0.912 bits per heavy atom. The van der Waals surface area contributed by atoms with Crippen molar-refractivity contribution in [3.63, 3.8) is 0 Å². The average Bonchev–Trinajstić information content (AvgIpc) is 2.79. The molecule has 0 fully saturated rings. The number of sulfonamides is 1. The van der Waals surface area contributed by atoms with Gasteiger partial charge >= 0.3 is 0 Å². The van der Waals surface area contributed by atoms with Gasteiger partial charge in [-0.25, -0.2) is 8.42 Å². The molecule has 0 aliphatic rings. The summed E-state index contributed by atoms with van der Waals surface area (Å²) in [7, 11) is -3.91. The number of carbonyl (C=O) groups excluding carboxylic acids is 2. The molecule has 0 spiro atoms. The Morgan fingerprint density at radius 3 is 2.24 bits per heavy atom. The van der Waals surface area contributed by atoms with E-state index in [1.807, 2.05) is 43.3 Å². The standard InChI is InChI=1S/C26H29N3O4S/c1-19-8-9-20(2)24(16-19)34(32,33)29(15-14-21-6-4-3-5-7-21)18-26(31)28-23-12-10-22(11-13-23)17-25(27)30/h3-13,16H,14-15,17-18H2,1-2H3,(H2,27,30)(H,28,31). The van der Waals surface area contributed by atoms with Gasteiger partial charge in [0.15, 0.2) is 0 Å². The first kappa shape index (κ1) is 25.1. The second-order valence-corrected chi connectivity index (χ2v) is 10.1. The number of anilines is 1. The fraction of sp³-hybridized carbons (Fsp3) is 0.231. The van der Waals surface area contributed by atoms with E-state index in [4.69, 9.17) is 5.73 Å². The third-order valence-electron chi connectivity index (χ3n) is 5.39. The van der Waals surface area contributed by atoms with Crippen molar-refractivity contribution < 1.29 is 18.0 Å². The van der Waals surface area contributed by atoms with Gasteiger partial charge in [0.2, 0.25) is 21.8 Å². The lowest BCUT2D eigenvalue weighted by Crippen LogP contribution is -2.39. The van der Waals surface area contributed by atoms with Gasteiger partial charge in [0, 0.05) is 12.2 Å². The smallest absolute Gasteiger partial charge is 0.243 e. The molecule has 0 radical (unpaired) electrons. The number of rotatable bonds is 10. The van der Waals surface area contributed by atoms with Crippen LogP contribution in [0.1, 0.15) is 22.3 Å². The van der Waals surface area contributed by atoms with Crippen LogP contribution in [0.25, 0.3) is 0 Å². The molecule has 178 valence electrons. The van der Waals surface area contributed by atoms with Gasteiger partial charge in [-0.3, -0.25) is 9.59 Å². The number of benzene rings is 3. The van der Waals surface area contributed by atoms with Crippen LogP contribution in [0.4, 0.5) is 5.69 Å². The molecule has 0 aliphatic heterocycles. The van der Waals surface area contributed by atoms with Crippen LogP contribution in [0, 0.1) is 13.8 Å². The highest BCUT2D eigenvalue weighted by Gasteiger charge is 2.28. The zero-order valence-electron chi connectivity index (χ0n) is 19.3. The highest BCUT2D eigenvalue weighted by Crippen LogP contribution is 2.22. The minimum atomic E-state index is -3.91. The van der Waals surface area contributed by atoms with Gasteiger partial charge in [-0.1, -0.05) is 54.6 Å². The second kappa shape index (κ2) is 11.1. The van der Waals surface area contributed by atoms with Crippen molar-refractivity contribution in [1.82, 2.24) is 4.31 Å². The fourth-order valence-corrected chi connectivity index (χ4v) is 5.28. The number of nitrogens with one attached hydrogen (secondary N) is 1. The van der Waals surface area contributed by atoms with Gasteiger partial charge in [-0.05, 0) is 60.7 Å². The summed E-state index contributed by atoms with van der Waals surface area (Å²) >= 11 is 0. The number of carbonyl (C=O) groups is 2. The Bertz CT molecular complexity index is 1260. The van der Waals surface area contributed by atoms with E-state index in [-0.39, 0.29) is 24.4 Å². The topological polar surface area (TPSA) is 110 Å². The molecule has 0 aliphatic carbocycles. The third kappa shape index (κ3) is 6.76. The second-order valence-electron chi connectivity index (χ2n) is 8.23. The largest absolute Gasteiger partial charge is 0.369 e. The highest BCUT2D eigenvalue weighted by atomic mass is 32.2. The maximum Gasteiger partial charge on any atom is 0.243 e. The summed E-state index contributed by atoms with van der Waals surface area (Å²) in [6, 6.07) is 21.5. The lowest BCUT2D eigenvalue weighted by molar-refractivity contribution is -0.117. The first-order valence-electron chi connectivity index (χ1n) is 10.9. The van der Waals surface area contributed by atoms with E-state index in [2.05, 4.69) is 5.32 Å². The zero-order valence-corrected chi connectivity index (χ0v) is 20.1. The van der Waals surface area contributed by atoms with Crippen LogP contribution < -0.4 is 11.1 Å². The van der Waals surface area contributed by atoms with E-state index in [9.17, 15) is 18.0 Å². The quantitative estimate of drug-likeness (QED) is 0.465. The highest BCUT2D eigenvalue weighted by molar-refractivity contribution is 7.89. The molecule has 0 bridgehead atoms. The van der Waals surface area contributed by atoms with E-state index in [0.29, 0.717) is 17.7 Å². The van der Waals surface area contributed by atoms with Crippen molar-refractivity contribution in [1.29, 1.82) is 0 Å². The van der Waals surface area contributed by atoms with Crippen LogP contribution >= 0.6 is 0 Å². The maximum absolute atomic E-state index is 13.6. The molecule has 0 heterocycles. The molecule has 2 amide bonds. The molecule has 8 heteroatoms. The summed E-state index contributed by atoms with van der Waals surface area (Å²) in [6.07, 6.45) is 0.579. The van der Waals surface area contributed by atoms with Crippen molar-refractivity contribution in [3.8, 4) is 0 Å². The Hall–Kier alpha value is -3.49. The Morgan fingerprint density at radius 2 is 1.59 bits per heavy atom. The summed E-state index contributed by atoms with van der Waals surface area (Å²) in [5.74, 6) is -0.896. The molecule has 3 aromatic rings. The Kier molecular flexibility index (Phi) is 8.20. The molecular weight excluding hydrogens is 450 g/mol. The number of nitrogens with two attached hydrogens (primary N) is 1. The third-order valence-corrected chi connectivity index (χ3v) is 7.38. The number of aryl methyl sites for hydroxylation is 2. The molecule has 3 aromatic carbocycles. The SMILES string of the molecule is Cc1ccc(C)c(S(=O)(=O)N(CCc2ccccc2)CC(=O)Nc2ccc(CC(N)=O)cc2)c1. The van der Waals surface area contributed by atoms with Crippen molar-refractivity contribution >= 4 is 27.5 Å². The van der Waals surface area contributed by atoms with E-state index in [0.717, 1.165) is 16.7 Å². The van der Waals surface area contributed by atoms with Gasteiger partial charge < -0.3 is 11.1 Å². The minimum absolute atomic E-state index is 0.107. The molecule has 7 nitrogen and oxygen atoms in total. The van der Waals surface area contributed by atoms with Crippen LogP contribution in [0.2, 0.25) is 0 Å². The van der Waals surface area contributed by atoms with Crippen molar-refractivity contribution in [2.75, 3.05) is 18.4 Å². The van der Waals surface area contributed by atoms with Crippen molar-refractivity contribution in [2.45, 2.75) is 31.6 Å². The summed E-state index contributed by atoms with van der Waals surface area (Å²) in [4.78, 5) is 24.1. The van der Waals surface area contributed by atoms with Gasteiger partial charge in [0.25, 0.3) is 0 Å². The molecule has 3 rings (SSSR count). The normalized spacial score (nSPS) is 11.4. The number of amides is 2. The molecular formula is C26H29N3O4S. The number of hydrogen-bond acceptors (Lipinski definition) is 4. The number of nitrogens with zero attached hydrogens (tertiary/aromatic N) is 1. The summed E-state index contributed by atoms with van der Waals surface area (Å²) < 4.78 is 28.3. The monoisotopic (exact) mass is 479 g/mol. The van der Waals surface area contributed by atoms with Crippen LogP contribution in [-0.2, 0) is 32.5 Å². The minimum Gasteiger partial charge on any atom is -0.369 e. The van der Waals surface area contributed by atoms with Crippen LogP contribution in [0.15, 0.2) is 77.7 Å². The lowest BCUT2D eigenvalue weighted by Gasteiger charge is -2.23. The Balaban J connectivity index is 1.80. The van der Waals surface area contributed by atoms with Gasteiger partial charge in [-0.2, -0.15) is 4.31 Å². The van der Waals surface area contributed by atoms with Crippen LogP contribution in [0.3, 0.4) is 0 Å². The van der Waals surface area contributed by atoms with E-state index in [1.165, 1.54) is 4.31 Å². The van der Waals surface area contributed by atoms with E-state index < -0.39 is 21.8 Å². The van der Waals surface area contributed by atoms with Gasteiger partial charge in [0.05, 0.1) is 17.9 Å². The Labute approximate surface area is 200 Å². The number of hydrogen-bond donors (Lipinski definition) is 2. The molecule has 0 unspecified atom stereocenters. The van der Waals surface area contributed by atoms with Gasteiger partial charge in [0.1, 0.15) is 0 Å². The van der Waals surface area contributed by atoms with E-state index in [1.54, 1.807) is 43.3 Å². The predicted molar refractivity (Wildman–Crippen MR) is 133 cm³/mol. The maximum atomic E-state index is 13.6. The average molecular weight is 480 g/mol. The summed E-state index contributed by atoms with van der Waals surface area (Å²) in [5, 5.41) is 2.74. The lowest BCUT2D eigenvalue weighted by atomic mass is 10.1. The fourth-order valence-electron chi connectivity index (χ4n) is 3.57. The van der Waals surface area contributed by atoms with Crippen molar-refractivity contribution in [2.24, 2.45) is 5.73 Å². The molecule has 3 N–H and O–H groups in total. The molecule has 0 atom stereocenters. The van der Waals surface area contributed by atoms with Crippen molar-refractivity contribution in [3.05, 3.63) is 95.1 Å². The molecule has 0 saturated heterocycles. The predicted octanol–water partition coefficient (Wildman–Crippen LogP) is 3.20. The van der Waals surface area contributed by atoms with Crippen LogP contribution in [-0.4, -0.2) is 37.6 Å². The summed E-state index contributed by atoms with van der Waals surface area (Å²) in [5.41, 5.74) is 8.87. The first-order chi connectivity index (χ1) is 16.1. The summed E-state index contributed by atoms with van der Waals surface area (Å²) in [6.45, 7) is 3.41.